The fourth-order valence-corrected chi connectivity index (χ4v) is 1.16. The first-order chi connectivity index (χ1) is 6.30. The predicted octanol–water partition coefficient (Wildman–Crippen LogP) is 3.80. The largest absolute Gasteiger partial charge is 2.00 e. The maximum Gasteiger partial charge on any atom is 2.00 e. The van der Waals surface area contributed by atoms with Crippen LogP contribution in [-0.2, 0) is 17.1 Å². The van der Waals surface area contributed by atoms with Crippen molar-refractivity contribution in [1.82, 2.24) is 0 Å². The Morgan fingerprint density at radius 1 is 1.07 bits per heavy atom. The van der Waals surface area contributed by atoms with Crippen molar-refractivity contribution in [2.75, 3.05) is 0 Å². The minimum atomic E-state index is 0. The molecule has 0 aromatic heterocycles. The van der Waals surface area contributed by atoms with Crippen LogP contribution in [0.15, 0.2) is 54.6 Å². The number of hydrogen-bond acceptors (Lipinski definition) is 1. The monoisotopic (exact) mass is 246 g/mol. The van der Waals surface area contributed by atoms with E-state index in [4.69, 9.17) is 0 Å². The van der Waals surface area contributed by atoms with E-state index in [2.05, 4.69) is 31.7 Å². The SMILES string of the molecule is CC(S)[c-]1cccc1.[Fe+2].c1cc[cH-]c1. The molecule has 0 saturated heterocycles. The molecule has 0 fully saturated rings. The fourth-order valence-electron chi connectivity index (χ4n) is 0.988. The third kappa shape index (κ3) is 5.33. The van der Waals surface area contributed by atoms with Gasteiger partial charge in [0.1, 0.15) is 0 Å². The van der Waals surface area contributed by atoms with Gasteiger partial charge in [-0.1, -0.05) is 6.92 Å². The van der Waals surface area contributed by atoms with Crippen molar-refractivity contribution in [2.45, 2.75) is 12.2 Å². The second-order valence-corrected chi connectivity index (χ2v) is 3.63. The molecule has 1 unspecified atom stereocenters. The van der Waals surface area contributed by atoms with Crippen molar-refractivity contribution in [1.29, 1.82) is 0 Å². The summed E-state index contributed by atoms with van der Waals surface area (Å²) < 4.78 is 0. The molecule has 0 spiro atoms. The van der Waals surface area contributed by atoms with Gasteiger partial charge in [0, 0.05) is 0 Å². The molecule has 0 aliphatic carbocycles. The first-order valence-corrected chi connectivity index (χ1v) is 4.88. The van der Waals surface area contributed by atoms with E-state index < -0.39 is 0 Å². The topological polar surface area (TPSA) is 0 Å². The van der Waals surface area contributed by atoms with Gasteiger partial charge in [-0.25, -0.2) is 24.3 Å². The normalized spacial score (nSPS) is 10.7. The summed E-state index contributed by atoms with van der Waals surface area (Å²) in [6.07, 6.45) is 0. The number of rotatable bonds is 1. The quantitative estimate of drug-likeness (QED) is 0.441. The van der Waals surface area contributed by atoms with Crippen LogP contribution < -0.4 is 0 Å². The van der Waals surface area contributed by atoms with Crippen LogP contribution in [0.2, 0.25) is 0 Å². The van der Waals surface area contributed by atoms with Crippen molar-refractivity contribution in [3.05, 3.63) is 60.2 Å². The second-order valence-electron chi connectivity index (χ2n) is 2.86. The zero-order valence-electron chi connectivity index (χ0n) is 8.07. The van der Waals surface area contributed by atoms with Crippen LogP contribution in [0.3, 0.4) is 0 Å². The standard InChI is InChI=1S/C7H9S.C5H5.Fe/c1-6(8)7-4-2-3-5-7;1-2-4-5-3-1;/h2-6,8H,1H3;1-5H;/q2*-1;+2. The predicted molar refractivity (Wildman–Crippen MR) is 61.5 cm³/mol. The molecule has 14 heavy (non-hydrogen) atoms. The molecule has 0 radical (unpaired) electrons. The summed E-state index contributed by atoms with van der Waals surface area (Å²) in [5, 5.41) is 0.380. The van der Waals surface area contributed by atoms with Gasteiger partial charge < -0.3 is 0 Å². The maximum absolute atomic E-state index is 4.25. The summed E-state index contributed by atoms with van der Waals surface area (Å²) in [6, 6.07) is 18.2. The molecule has 0 aliphatic rings. The van der Waals surface area contributed by atoms with E-state index in [0.29, 0.717) is 5.25 Å². The van der Waals surface area contributed by atoms with Crippen LogP contribution in [-0.4, -0.2) is 0 Å². The second kappa shape index (κ2) is 7.93. The molecule has 1 atom stereocenters. The summed E-state index contributed by atoms with van der Waals surface area (Å²) in [6.45, 7) is 2.07. The molecule has 2 aromatic rings. The molecule has 0 aliphatic heterocycles. The average molecular weight is 246 g/mol. The van der Waals surface area contributed by atoms with E-state index in [-0.39, 0.29) is 17.1 Å². The molecule has 0 heterocycles. The molecule has 0 bridgehead atoms. The maximum atomic E-state index is 4.25. The zero-order valence-corrected chi connectivity index (χ0v) is 10.1. The average Bonchev–Trinajstić information content (AvgIpc) is 2.82. The first-order valence-electron chi connectivity index (χ1n) is 4.37. The van der Waals surface area contributed by atoms with Crippen molar-refractivity contribution in [3.8, 4) is 0 Å². The van der Waals surface area contributed by atoms with Crippen LogP contribution in [0, 0.1) is 0 Å². The molecule has 0 nitrogen and oxygen atoms in total. The van der Waals surface area contributed by atoms with E-state index in [1.807, 2.05) is 42.5 Å². The van der Waals surface area contributed by atoms with Crippen LogP contribution in [0.1, 0.15) is 17.7 Å². The Labute approximate surface area is 102 Å². The summed E-state index contributed by atoms with van der Waals surface area (Å²) in [5.74, 6) is 0. The Balaban J connectivity index is 0.000000246. The van der Waals surface area contributed by atoms with E-state index in [9.17, 15) is 0 Å². The molecule has 76 valence electrons. The molecular formula is C12H14FeS. The van der Waals surface area contributed by atoms with Crippen LogP contribution in [0.25, 0.3) is 0 Å². The molecule has 2 rings (SSSR count). The van der Waals surface area contributed by atoms with Crippen molar-refractivity contribution >= 4 is 12.6 Å². The third-order valence-corrected chi connectivity index (χ3v) is 2.02. The minimum absolute atomic E-state index is 0. The summed E-state index contributed by atoms with van der Waals surface area (Å²) in [5.41, 5.74) is 1.30. The van der Waals surface area contributed by atoms with Gasteiger partial charge in [0.25, 0.3) is 0 Å². The summed E-state index contributed by atoms with van der Waals surface area (Å²) in [7, 11) is 0. The van der Waals surface area contributed by atoms with Gasteiger partial charge in [0.2, 0.25) is 0 Å². The number of hydrogen-bond donors (Lipinski definition) is 1. The Bertz CT molecular complexity index is 265. The van der Waals surface area contributed by atoms with Crippen molar-refractivity contribution < 1.29 is 17.1 Å². The van der Waals surface area contributed by atoms with E-state index >= 15 is 0 Å². The molecule has 0 N–H and O–H groups in total. The van der Waals surface area contributed by atoms with E-state index in [1.54, 1.807) is 0 Å². The first kappa shape index (κ1) is 13.6. The smallest absolute Gasteiger partial charge is 0.214 e. The fraction of sp³-hybridized carbons (Fsp3) is 0.167. The van der Waals surface area contributed by atoms with Gasteiger partial charge in [0.15, 0.2) is 0 Å². The van der Waals surface area contributed by atoms with Crippen LogP contribution in [0.5, 0.6) is 0 Å². The molecule has 0 saturated carbocycles. The molecular weight excluding hydrogens is 232 g/mol. The summed E-state index contributed by atoms with van der Waals surface area (Å²) >= 11 is 4.25. The van der Waals surface area contributed by atoms with E-state index in [1.165, 1.54) is 5.56 Å². The van der Waals surface area contributed by atoms with Gasteiger partial charge >= 0.3 is 17.1 Å². The van der Waals surface area contributed by atoms with Gasteiger partial charge in [-0.3, -0.25) is 0 Å². The van der Waals surface area contributed by atoms with Gasteiger partial charge in [0.05, 0.1) is 0 Å². The van der Waals surface area contributed by atoms with Crippen molar-refractivity contribution in [2.24, 2.45) is 0 Å². The minimum Gasteiger partial charge on any atom is -0.214 e. The van der Waals surface area contributed by atoms with Gasteiger partial charge in [-0.2, -0.15) is 43.0 Å². The van der Waals surface area contributed by atoms with E-state index in [0.717, 1.165) is 0 Å². The Morgan fingerprint density at radius 3 is 1.79 bits per heavy atom. The summed E-state index contributed by atoms with van der Waals surface area (Å²) in [4.78, 5) is 0. The third-order valence-electron chi connectivity index (χ3n) is 1.73. The number of thiol groups is 1. The molecule has 2 heteroatoms. The van der Waals surface area contributed by atoms with Gasteiger partial charge in [-0.05, 0) is 5.25 Å². The Hall–Kier alpha value is -0.431. The molecule has 0 amide bonds. The Morgan fingerprint density at radius 2 is 1.57 bits per heavy atom. The zero-order chi connectivity index (χ0) is 9.52. The van der Waals surface area contributed by atoms with Crippen molar-refractivity contribution in [3.63, 3.8) is 0 Å². The molecule has 2 aromatic carbocycles. The van der Waals surface area contributed by atoms with Crippen LogP contribution in [0.4, 0.5) is 0 Å². The van der Waals surface area contributed by atoms with Gasteiger partial charge in [-0.15, -0.1) is 5.56 Å². The van der Waals surface area contributed by atoms with Crippen LogP contribution >= 0.6 is 12.6 Å². The Kier molecular flexibility index (Phi) is 7.68.